The minimum Gasteiger partial charge on any atom is -0.485 e. The van der Waals surface area contributed by atoms with Crippen LogP contribution in [-0.2, 0) is 40.3 Å². The van der Waals surface area contributed by atoms with Crippen LogP contribution in [0.25, 0.3) is 0 Å². The second-order valence-electron chi connectivity index (χ2n) is 11.8. The highest BCUT2D eigenvalue weighted by Crippen LogP contribution is 2.36. The molecule has 0 aliphatic carbocycles. The van der Waals surface area contributed by atoms with Crippen molar-refractivity contribution in [1.82, 2.24) is 26.0 Å². The summed E-state index contributed by atoms with van der Waals surface area (Å²) in [5.74, 6) is -2.30. The van der Waals surface area contributed by atoms with E-state index in [1.807, 2.05) is 12.1 Å². The molecule has 4 heterocycles. The Labute approximate surface area is 278 Å². The lowest BCUT2D eigenvalue weighted by atomic mass is 9.84. The number of fused-ring (bicyclic) bond motifs is 1. The highest BCUT2D eigenvalue weighted by molar-refractivity contribution is 7.80. The number of β-lactam (4-membered cyclic amide) rings is 1. The molecule has 0 radical (unpaired) electrons. The number of thiazole rings is 1. The van der Waals surface area contributed by atoms with E-state index >= 15 is 0 Å². The van der Waals surface area contributed by atoms with Crippen molar-refractivity contribution >= 4 is 56.3 Å². The molecule has 1 saturated heterocycles. The molecule has 2 aromatic rings. The van der Waals surface area contributed by atoms with Crippen molar-refractivity contribution in [1.29, 1.82) is 0 Å². The van der Waals surface area contributed by atoms with Gasteiger partial charge in [-0.05, 0) is 56.9 Å². The Bertz CT molecular complexity index is 1780. The number of nitrogen functional groups attached to an aromatic ring is 1. The number of carbonyl (C=O) groups excluding carboxylic acids is 2. The van der Waals surface area contributed by atoms with Gasteiger partial charge in [0.1, 0.15) is 17.5 Å². The van der Waals surface area contributed by atoms with Gasteiger partial charge in [0.05, 0.1) is 18.1 Å². The number of aryl methyl sites for hydroxylation is 1. The number of carboxylic acids is 1. The number of carboxylic acid groups (broad SMARTS) is 1. The molecule has 0 bridgehead atoms. The predicted octanol–water partition coefficient (Wildman–Crippen LogP) is -0.928. The second kappa shape index (κ2) is 13.1. The molecule has 21 heteroatoms. The zero-order chi connectivity index (χ0) is 35.0. The number of hydroxylamine groups is 2. The number of carbonyl (C=O) groups is 3. The number of hydrogen-bond acceptors (Lipinski definition) is 16. The molecule has 0 saturated carbocycles. The van der Waals surface area contributed by atoms with Gasteiger partial charge in [-0.3, -0.25) is 19.1 Å². The van der Waals surface area contributed by atoms with E-state index < -0.39 is 57.2 Å². The number of oxime groups is 1. The van der Waals surface area contributed by atoms with Crippen molar-refractivity contribution in [2.24, 2.45) is 15.9 Å². The van der Waals surface area contributed by atoms with Crippen LogP contribution in [0, 0.1) is 0 Å². The summed E-state index contributed by atoms with van der Waals surface area (Å²) >= 11 is 0.969. The van der Waals surface area contributed by atoms with E-state index in [2.05, 4.69) is 35.4 Å². The van der Waals surface area contributed by atoms with E-state index in [-0.39, 0.29) is 23.3 Å². The number of nitrogens with two attached hydrogens (primary N) is 2. The summed E-state index contributed by atoms with van der Waals surface area (Å²) in [5.41, 5.74) is 9.02. The van der Waals surface area contributed by atoms with E-state index in [0.29, 0.717) is 42.8 Å². The van der Waals surface area contributed by atoms with Crippen LogP contribution in [-0.4, -0.2) is 100 Å². The Kier molecular flexibility index (Phi) is 9.52. The fourth-order valence-corrected chi connectivity index (χ4v) is 6.34. The third-order valence-corrected chi connectivity index (χ3v) is 9.09. The van der Waals surface area contributed by atoms with Crippen molar-refractivity contribution in [3.8, 4) is 5.75 Å². The van der Waals surface area contributed by atoms with Gasteiger partial charge >= 0.3 is 16.4 Å². The molecule has 9 N–H and O–H groups in total. The Morgan fingerprint density at radius 2 is 2.10 bits per heavy atom. The van der Waals surface area contributed by atoms with Crippen LogP contribution < -0.4 is 32.2 Å². The molecule has 2 unspecified atom stereocenters. The van der Waals surface area contributed by atoms with E-state index in [9.17, 15) is 27.9 Å². The van der Waals surface area contributed by atoms with Crippen LogP contribution >= 0.6 is 11.3 Å². The maximum atomic E-state index is 13.4. The maximum Gasteiger partial charge on any atom is 0.418 e. The lowest BCUT2D eigenvalue weighted by Gasteiger charge is -2.50. The van der Waals surface area contributed by atoms with Crippen LogP contribution in [0.4, 0.5) is 5.13 Å². The Hall–Kier alpha value is -4.57. The van der Waals surface area contributed by atoms with Gasteiger partial charge < -0.3 is 42.1 Å². The van der Waals surface area contributed by atoms with Crippen LogP contribution in [0.5, 0.6) is 5.75 Å². The van der Waals surface area contributed by atoms with E-state index in [1.165, 1.54) is 26.2 Å². The number of amides is 2. The molecular weight excluding hydrogens is 674 g/mol. The monoisotopic (exact) mass is 709 g/mol. The minimum atomic E-state index is -5.02. The number of benzene rings is 1. The van der Waals surface area contributed by atoms with Crippen molar-refractivity contribution < 1.29 is 46.3 Å². The number of hydrogen-bond donors (Lipinski definition) is 7. The molecule has 3 aliphatic rings. The first kappa shape index (κ1) is 34.8. The summed E-state index contributed by atoms with van der Waals surface area (Å²) in [4.78, 5) is 52.8. The number of nitrogens with zero attached hydrogens (tertiary/aromatic N) is 4. The summed E-state index contributed by atoms with van der Waals surface area (Å²) in [6.45, 7) is 5.59. The molecule has 1 aromatic carbocycles. The lowest BCUT2D eigenvalue weighted by molar-refractivity contribution is -0.218. The zero-order valence-corrected chi connectivity index (χ0v) is 27.6. The fourth-order valence-electron chi connectivity index (χ4n) is 5.33. The first-order valence-electron chi connectivity index (χ1n) is 14.6. The molecule has 260 valence electrons. The minimum absolute atomic E-state index is 0.0568. The van der Waals surface area contributed by atoms with Crippen molar-refractivity contribution in [3.05, 3.63) is 40.4 Å². The van der Waals surface area contributed by atoms with Crippen LogP contribution in [0.2, 0.25) is 0 Å². The predicted molar refractivity (Wildman–Crippen MR) is 170 cm³/mol. The molecule has 48 heavy (non-hydrogen) atoms. The molecule has 3 aliphatic heterocycles. The zero-order valence-electron chi connectivity index (χ0n) is 26.0. The Balaban J connectivity index is 1.33. The molecule has 19 nitrogen and oxygen atoms in total. The van der Waals surface area contributed by atoms with Gasteiger partial charge in [-0.15, -0.1) is 15.6 Å². The van der Waals surface area contributed by atoms with Gasteiger partial charge in [-0.2, -0.15) is 13.5 Å². The van der Waals surface area contributed by atoms with E-state index in [0.717, 1.165) is 22.5 Å². The molecule has 1 fully saturated rings. The fraction of sp³-hybridized carbons (Fsp3) is 0.481. The summed E-state index contributed by atoms with van der Waals surface area (Å²) < 4.78 is 41.7. The summed E-state index contributed by atoms with van der Waals surface area (Å²) in [6.07, 6.45) is -0.362. The normalized spacial score (nSPS) is 23.1. The number of guanidine groups is 1. The first-order valence-corrected chi connectivity index (χ1v) is 16.8. The number of rotatable bonds is 12. The number of aliphatic carboxylic acids is 1. The molecule has 2 amide bonds. The molecule has 5 rings (SSSR count). The summed E-state index contributed by atoms with van der Waals surface area (Å²) in [5, 5.41) is 24.8. The quantitative estimate of drug-likeness (QED) is 0.0607. The molecule has 0 spiro atoms. The maximum absolute atomic E-state index is 13.4. The van der Waals surface area contributed by atoms with Gasteiger partial charge in [-0.1, -0.05) is 11.2 Å². The van der Waals surface area contributed by atoms with Crippen molar-refractivity contribution in [3.63, 3.8) is 0 Å². The number of ether oxygens (including phenoxy) is 1. The average molecular weight is 710 g/mol. The molecule has 4 atom stereocenters. The Morgan fingerprint density at radius 3 is 2.73 bits per heavy atom. The number of nitrogens with one attached hydrogen (secondary N) is 3. The standard InChI is InChI=1S/C27H35N9O10S2/c1-26(2)20(22(38)36(26)46-48(41,42)43)34-21(37)19(16-12-47-24(29)32-16)35-45-27(3,23(39)40)18-7-5-14-10-13(4-6-17(14)44-18)15-11-31-25(33-15)30-9-8-28/h4,6,10,12,15,18,20H,5,7-9,11,28H2,1-3H3,(H2,29,32)(H,34,37)(H,39,40)(H2,30,31,33)(H,41,42,43)/b35-19-/t15?,18-,20?,27+/m1/s1. The summed E-state index contributed by atoms with van der Waals surface area (Å²) in [7, 11) is -5.02. The van der Waals surface area contributed by atoms with Crippen LogP contribution in [0.3, 0.4) is 0 Å². The van der Waals surface area contributed by atoms with Gasteiger partial charge in [0.15, 0.2) is 22.9 Å². The SMILES string of the molecule is CC1(C)C(NC(=O)/C(=N\O[C@](C)(C(=O)O)[C@H]2CCc3cc(C4CN=C(NCCN)N4)ccc3O2)c2csc(N)n2)C(=O)N1OS(=O)(=O)O. The van der Waals surface area contributed by atoms with Gasteiger partial charge in [0.2, 0.25) is 0 Å². The van der Waals surface area contributed by atoms with E-state index in [4.69, 9.17) is 25.6 Å². The van der Waals surface area contributed by atoms with Crippen molar-refractivity contribution in [2.75, 3.05) is 25.4 Å². The third kappa shape index (κ3) is 6.99. The molecule has 1 aromatic heterocycles. The largest absolute Gasteiger partial charge is 0.485 e. The number of aliphatic imine (C=N–C) groups is 1. The lowest BCUT2D eigenvalue weighted by Crippen LogP contribution is -2.76. The average Bonchev–Trinajstić information content (AvgIpc) is 3.69. The number of aromatic nitrogens is 1. The molecular formula is C27H35N9O10S2. The second-order valence-corrected chi connectivity index (χ2v) is 13.7. The van der Waals surface area contributed by atoms with E-state index in [1.54, 1.807) is 6.07 Å². The Morgan fingerprint density at radius 1 is 1.35 bits per heavy atom. The van der Waals surface area contributed by atoms with Crippen LogP contribution in [0.15, 0.2) is 33.7 Å². The topological polar surface area (TPSA) is 282 Å². The first-order chi connectivity index (χ1) is 22.5. The third-order valence-electron chi connectivity index (χ3n) is 8.08. The van der Waals surface area contributed by atoms with Crippen LogP contribution in [0.1, 0.15) is 50.1 Å². The highest BCUT2D eigenvalue weighted by atomic mass is 32.3. The highest BCUT2D eigenvalue weighted by Gasteiger charge is 2.58. The smallest absolute Gasteiger partial charge is 0.418 e. The van der Waals surface area contributed by atoms with Gasteiger partial charge in [0.25, 0.3) is 17.4 Å². The number of anilines is 1. The van der Waals surface area contributed by atoms with Gasteiger partial charge in [-0.25, -0.2) is 9.78 Å². The van der Waals surface area contributed by atoms with Crippen molar-refractivity contribution in [2.45, 2.75) is 62.9 Å². The summed E-state index contributed by atoms with van der Waals surface area (Å²) in [6, 6.07) is 4.19. The van der Waals surface area contributed by atoms with Gasteiger partial charge in [0, 0.05) is 18.5 Å².